The van der Waals surface area contributed by atoms with Gasteiger partial charge in [0.05, 0.1) is 11.9 Å². The fraction of sp³-hybridized carbons (Fsp3) is 0.750. The van der Waals surface area contributed by atoms with Gasteiger partial charge in [0.2, 0.25) is 0 Å². The first-order valence-corrected chi connectivity index (χ1v) is 9.83. The molecule has 2 aliphatic rings. The number of hydrogen-bond donors (Lipinski definition) is 1. The number of piperazine rings is 1. The highest BCUT2D eigenvalue weighted by atomic mass is 16.5. The van der Waals surface area contributed by atoms with E-state index < -0.39 is 0 Å². The summed E-state index contributed by atoms with van der Waals surface area (Å²) in [5, 5.41) is 3.61. The summed E-state index contributed by atoms with van der Waals surface area (Å²) in [6, 6.07) is 4.35. The second kappa shape index (κ2) is 8.86. The zero-order valence-electron chi connectivity index (χ0n) is 16.0. The minimum absolute atomic E-state index is 0.381. The molecule has 0 aromatic carbocycles. The van der Waals surface area contributed by atoms with Crippen LogP contribution in [-0.4, -0.2) is 63.4 Å². The van der Waals surface area contributed by atoms with Crippen LogP contribution in [0.5, 0.6) is 0 Å². The van der Waals surface area contributed by atoms with E-state index in [2.05, 4.69) is 39.3 Å². The van der Waals surface area contributed by atoms with Gasteiger partial charge in [-0.3, -0.25) is 0 Å². The molecule has 0 radical (unpaired) electrons. The zero-order chi connectivity index (χ0) is 17.5. The van der Waals surface area contributed by atoms with E-state index in [0.717, 1.165) is 51.6 Å². The summed E-state index contributed by atoms with van der Waals surface area (Å²) in [5.74, 6) is 1.00. The second-order valence-electron chi connectivity index (χ2n) is 7.85. The standard InChI is InChI=1S/C20H34N4O/c1-23-11-13-24(14-12-23)18-6-7-19(21-16-18)22-17-20(10-15-25-2)8-4-3-5-9-20/h6-7,16H,3-5,8-15,17H2,1-2H3,(H,21,22). The maximum Gasteiger partial charge on any atom is 0.126 e. The molecule has 25 heavy (non-hydrogen) atoms. The van der Waals surface area contributed by atoms with Gasteiger partial charge in [-0.05, 0) is 43.9 Å². The molecule has 2 fully saturated rings. The highest BCUT2D eigenvalue weighted by Gasteiger charge is 2.31. The quantitative estimate of drug-likeness (QED) is 0.821. The third-order valence-electron chi connectivity index (χ3n) is 6.01. The van der Waals surface area contributed by atoms with Crippen LogP contribution in [0, 0.1) is 5.41 Å². The van der Waals surface area contributed by atoms with Gasteiger partial charge < -0.3 is 19.9 Å². The fourth-order valence-corrected chi connectivity index (χ4v) is 4.16. The summed E-state index contributed by atoms with van der Waals surface area (Å²) in [6.45, 7) is 6.30. The number of likely N-dealkylation sites (N-methyl/N-ethyl adjacent to an activating group) is 1. The summed E-state index contributed by atoms with van der Waals surface area (Å²) in [5.41, 5.74) is 1.62. The van der Waals surface area contributed by atoms with Crippen LogP contribution in [0.4, 0.5) is 11.5 Å². The van der Waals surface area contributed by atoms with E-state index in [-0.39, 0.29) is 0 Å². The van der Waals surface area contributed by atoms with Crippen molar-refractivity contribution >= 4 is 11.5 Å². The van der Waals surface area contributed by atoms with E-state index in [1.54, 1.807) is 0 Å². The molecule has 0 bridgehead atoms. The van der Waals surface area contributed by atoms with Gasteiger partial charge in [-0.1, -0.05) is 19.3 Å². The number of hydrogen-bond acceptors (Lipinski definition) is 5. The van der Waals surface area contributed by atoms with Crippen LogP contribution < -0.4 is 10.2 Å². The molecule has 1 aliphatic carbocycles. The number of aromatic nitrogens is 1. The van der Waals surface area contributed by atoms with E-state index in [9.17, 15) is 0 Å². The molecule has 140 valence electrons. The first-order chi connectivity index (χ1) is 12.2. The molecule has 2 heterocycles. The maximum atomic E-state index is 5.36. The largest absolute Gasteiger partial charge is 0.385 e. The van der Waals surface area contributed by atoms with Gasteiger partial charge in [0, 0.05) is 46.4 Å². The molecule has 1 aromatic rings. The van der Waals surface area contributed by atoms with Crippen molar-refractivity contribution in [2.45, 2.75) is 38.5 Å². The van der Waals surface area contributed by atoms with Crippen molar-refractivity contribution in [1.29, 1.82) is 0 Å². The Kier molecular flexibility index (Phi) is 6.54. The Bertz CT molecular complexity index is 505. The van der Waals surface area contributed by atoms with Crippen molar-refractivity contribution in [2.24, 2.45) is 5.41 Å². The molecule has 0 spiro atoms. The topological polar surface area (TPSA) is 40.6 Å². The van der Waals surface area contributed by atoms with Crippen LogP contribution in [0.3, 0.4) is 0 Å². The van der Waals surface area contributed by atoms with Gasteiger partial charge in [0.1, 0.15) is 5.82 Å². The minimum Gasteiger partial charge on any atom is -0.385 e. The molecule has 0 amide bonds. The van der Waals surface area contributed by atoms with Crippen molar-refractivity contribution in [3.05, 3.63) is 18.3 Å². The Balaban J connectivity index is 1.55. The van der Waals surface area contributed by atoms with E-state index in [0.29, 0.717) is 5.41 Å². The zero-order valence-corrected chi connectivity index (χ0v) is 16.0. The highest BCUT2D eigenvalue weighted by molar-refractivity contribution is 5.49. The number of nitrogens with one attached hydrogen (secondary N) is 1. The van der Waals surface area contributed by atoms with E-state index in [4.69, 9.17) is 4.74 Å². The smallest absolute Gasteiger partial charge is 0.126 e. The molecule has 1 saturated carbocycles. The molecular weight excluding hydrogens is 312 g/mol. The Morgan fingerprint density at radius 1 is 1.12 bits per heavy atom. The number of pyridine rings is 1. The summed E-state index contributed by atoms with van der Waals surface area (Å²) >= 11 is 0. The Morgan fingerprint density at radius 3 is 2.52 bits per heavy atom. The lowest BCUT2D eigenvalue weighted by Gasteiger charge is -2.37. The molecular formula is C20H34N4O. The maximum absolute atomic E-state index is 5.36. The second-order valence-corrected chi connectivity index (χ2v) is 7.85. The van der Waals surface area contributed by atoms with Crippen molar-refractivity contribution < 1.29 is 4.74 Å². The number of anilines is 2. The van der Waals surface area contributed by atoms with Crippen LogP contribution >= 0.6 is 0 Å². The summed E-state index contributed by atoms with van der Waals surface area (Å²) in [4.78, 5) is 9.48. The van der Waals surface area contributed by atoms with E-state index in [1.807, 2.05) is 13.3 Å². The molecule has 1 N–H and O–H groups in total. The molecule has 5 nitrogen and oxygen atoms in total. The van der Waals surface area contributed by atoms with Crippen LogP contribution in [0.1, 0.15) is 38.5 Å². The average molecular weight is 347 g/mol. The minimum atomic E-state index is 0.381. The van der Waals surface area contributed by atoms with Gasteiger partial charge in [0.15, 0.2) is 0 Å². The van der Waals surface area contributed by atoms with Crippen molar-refractivity contribution in [1.82, 2.24) is 9.88 Å². The molecule has 0 atom stereocenters. The predicted octanol–water partition coefficient (Wildman–Crippen LogP) is 3.23. The fourth-order valence-electron chi connectivity index (χ4n) is 4.16. The van der Waals surface area contributed by atoms with Gasteiger partial charge in [0.25, 0.3) is 0 Å². The van der Waals surface area contributed by atoms with Gasteiger partial charge in [-0.2, -0.15) is 0 Å². The molecule has 5 heteroatoms. The van der Waals surface area contributed by atoms with Crippen LogP contribution in [-0.2, 0) is 4.74 Å². The Labute approximate surface area is 152 Å². The SMILES string of the molecule is COCCC1(CNc2ccc(N3CCN(C)CC3)cn2)CCCCC1. The molecule has 1 saturated heterocycles. The summed E-state index contributed by atoms with van der Waals surface area (Å²) in [7, 11) is 4.00. The normalized spacial score (nSPS) is 21.3. The first kappa shape index (κ1) is 18.5. The number of nitrogens with zero attached hydrogens (tertiary/aromatic N) is 3. The summed E-state index contributed by atoms with van der Waals surface area (Å²) < 4.78 is 5.36. The average Bonchev–Trinajstić information content (AvgIpc) is 2.67. The van der Waals surface area contributed by atoms with E-state index >= 15 is 0 Å². The molecule has 1 aliphatic heterocycles. The number of rotatable bonds is 7. The number of methoxy groups -OCH3 is 1. The van der Waals surface area contributed by atoms with Gasteiger partial charge in [-0.25, -0.2) is 4.98 Å². The lowest BCUT2D eigenvalue weighted by atomic mass is 9.72. The van der Waals surface area contributed by atoms with Crippen LogP contribution in [0.2, 0.25) is 0 Å². The molecule has 3 rings (SSSR count). The Hall–Kier alpha value is -1.33. The van der Waals surface area contributed by atoms with Crippen molar-refractivity contribution in [3.8, 4) is 0 Å². The Morgan fingerprint density at radius 2 is 1.88 bits per heavy atom. The van der Waals surface area contributed by atoms with Crippen LogP contribution in [0.25, 0.3) is 0 Å². The lowest BCUT2D eigenvalue weighted by molar-refractivity contribution is 0.111. The molecule has 0 unspecified atom stereocenters. The lowest BCUT2D eigenvalue weighted by Crippen LogP contribution is -2.44. The highest BCUT2D eigenvalue weighted by Crippen LogP contribution is 2.39. The van der Waals surface area contributed by atoms with Crippen molar-refractivity contribution in [3.63, 3.8) is 0 Å². The van der Waals surface area contributed by atoms with E-state index in [1.165, 1.54) is 37.8 Å². The third-order valence-corrected chi connectivity index (χ3v) is 6.01. The first-order valence-electron chi connectivity index (χ1n) is 9.83. The van der Waals surface area contributed by atoms with Gasteiger partial charge >= 0.3 is 0 Å². The molecule has 1 aromatic heterocycles. The van der Waals surface area contributed by atoms with Crippen LogP contribution in [0.15, 0.2) is 18.3 Å². The number of ether oxygens (including phenoxy) is 1. The monoisotopic (exact) mass is 346 g/mol. The van der Waals surface area contributed by atoms with Gasteiger partial charge in [-0.15, -0.1) is 0 Å². The third kappa shape index (κ3) is 5.08. The summed E-state index contributed by atoms with van der Waals surface area (Å²) in [6.07, 6.45) is 9.87. The van der Waals surface area contributed by atoms with Crippen molar-refractivity contribution in [2.75, 3.05) is 63.7 Å². The predicted molar refractivity (Wildman–Crippen MR) is 104 cm³/mol.